The van der Waals surface area contributed by atoms with Crippen LogP contribution in [0.25, 0.3) is 11.0 Å². The summed E-state index contributed by atoms with van der Waals surface area (Å²) >= 11 is 0. The molecule has 0 fully saturated rings. The molecule has 0 atom stereocenters. The van der Waals surface area contributed by atoms with Crippen molar-refractivity contribution < 1.29 is 5.21 Å². The van der Waals surface area contributed by atoms with Crippen molar-refractivity contribution in [1.82, 2.24) is 14.5 Å². The minimum Gasteiger partial charge on any atom is -0.333 e. The topological polar surface area (TPSA) is 63.0 Å². The predicted molar refractivity (Wildman–Crippen MR) is 60.0 cm³/mol. The number of aryl methyl sites for hydroxylation is 1. The Morgan fingerprint density at radius 3 is 2.73 bits per heavy atom. The molecule has 0 radical (unpaired) electrons. The zero-order chi connectivity index (χ0) is 11.3. The van der Waals surface area contributed by atoms with Crippen molar-refractivity contribution in [3.63, 3.8) is 0 Å². The summed E-state index contributed by atoms with van der Waals surface area (Å²) in [5.41, 5.74) is 2.87. The Labute approximate surface area is 88.7 Å². The number of rotatable bonds is 2. The van der Waals surface area contributed by atoms with Gasteiger partial charge in [0.1, 0.15) is 12.0 Å². The Kier molecular flexibility index (Phi) is 4.05. The van der Waals surface area contributed by atoms with Crippen LogP contribution in [-0.4, -0.2) is 19.7 Å². The van der Waals surface area contributed by atoms with Crippen molar-refractivity contribution in [2.45, 2.75) is 27.3 Å². The smallest absolute Gasteiger partial charge is 0.162 e. The number of nitrogens with zero attached hydrogens (tertiary/aromatic N) is 3. The molecular weight excluding hydrogens is 192 g/mol. The first kappa shape index (κ1) is 11.5. The van der Waals surface area contributed by atoms with Crippen LogP contribution in [0.2, 0.25) is 0 Å². The zero-order valence-electron chi connectivity index (χ0n) is 9.23. The summed E-state index contributed by atoms with van der Waals surface area (Å²) < 4.78 is 1.98. The predicted octanol–water partition coefficient (Wildman–Crippen LogP) is 2.28. The quantitative estimate of drug-likeness (QED) is 0.743. The molecule has 0 aliphatic heterocycles. The maximum Gasteiger partial charge on any atom is 0.162 e. The molecule has 0 aromatic carbocycles. The lowest BCUT2D eigenvalue weighted by Gasteiger charge is -2.01. The molecule has 2 rings (SSSR count). The Morgan fingerprint density at radius 2 is 2.13 bits per heavy atom. The number of nitrogens with one attached hydrogen (secondary N) is 1. The van der Waals surface area contributed by atoms with Crippen LogP contribution in [0.15, 0.2) is 18.6 Å². The third kappa shape index (κ3) is 2.07. The summed E-state index contributed by atoms with van der Waals surface area (Å²) in [6.45, 7) is 6.89. The second kappa shape index (κ2) is 5.31. The van der Waals surface area contributed by atoms with E-state index >= 15 is 0 Å². The van der Waals surface area contributed by atoms with Gasteiger partial charge in [0.2, 0.25) is 0 Å². The SMILES string of the molecule is CC.CCn1ccc2c(NO)ncnc21. The van der Waals surface area contributed by atoms with E-state index < -0.39 is 0 Å². The first-order valence-electron chi connectivity index (χ1n) is 5.06. The molecule has 0 spiro atoms. The molecule has 15 heavy (non-hydrogen) atoms. The van der Waals surface area contributed by atoms with Crippen molar-refractivity contribution in [2.75, 3.05) is 5.48 Å². The lowest BCUT2D eigenvalue weighted by molar-refractivity contribution is 0.387. The van der Waals surface area contributed by atoms with Gasteiger partial charge in [0.15, 0.2) is 5.82 Å². The van der Waals surface area contributed by atoms with Gasteiger partial charge in [-0.1, -0.05) is 13.8 Å². The Hall–Kier alpha value is -1.62. The van der Waals surface area contributed by atoms with E-state index in [9.17, 15) is 0 Å². The molecule has 2 heterocycles. The van der Waals surface area contributed by atoms with Crippen LogP contribution in [0, 0.1) is 0 Å². The molecule has 2 aromatic rings. The van der Waals surface area contributed by atoms with Gasteiger partial charge in [0, 0.05) is 12.7 Å². The molecule has 2 aromatic heterocycles. The molecule has 0 aliphatic rings. The van der Waals surface area contributed by atoms with Gasteiger partial charge in [-0.3, -0.25) is 10.7 Å². The minimum absolute atomic E-state index is 0.442. The zero-order valence-corrected chi connectivity index (χ0v) is 9.23. The summed E-state index contributed by atoms with van der Waals surface area (Å²) in [5, 5.41) is 9.59. The first-order chi connectivity index (χ1) is 7.36. The molecule has 0 amide bonds. The Balaban J connectivity index is 0.000000531. The molecule has 0 saturated carbocycles. The summed E-state index contributed by atoms with van der Waals surface area (Å²) in [4.78, 5) is 8.01. The molecule has 2 N–H and O–H groups in total. The van der Waals surface area contributed by atoms with Gasteiger partial charge >= 0.3 is 0 Å². The van der Waals surface area contributed by atoms with Crippen LogP contribution in [0.3, 0.4) is 0 Å². The summed E-state index contributed by atoms with van der Waals surface area (Å²) in [6.07, 6.45) is 3.34. The van der Waals surface area contributed by atoms with E-state index in [2.05, 4.69) is 9.97 Å². The molecule has 82 valence electrons. The average Bonchev–Trinajstić information content (AvgIpc) is 2.74. The van der Waals surface area contributed by atoms with Crippen molar-refractivity contribution in [3.8, 4) is 0 Å². The Bertz CT molecular complexity index is 424. The summed E-state index contributed by atoms with van der Waals surface area (Å²) in [6, 6.07) is 1.87. The van der Waals surface area contributed by atoms with Gasteiger partial charge in [-0.15, -0.1) is 0 Å². The van der Waals surface area contributed by atoms with E-state index in [-0.39, 0.29) is 0 Å². The second-order valence-corrected chi connectivity index (χ2v) is 2.67. The van der Waals surface area contributed by atoms with E-state index in [4.69, 9.17) is 5.21 Å². The molecular formula is C10H16N4O. The number of fused-ring (bicyclic) bond motifs is 1. The lowest BCUT2D eigenvalue weighted by atomic mass is 10.4. The number of hydrogen-bond acceptors (Lipinski definition) is 4. The lowest BCUT2D eigenvalue weighted by Crippen LogP contribution is -1.97. The van der Waals surface area contributed by atoms with Gasteiger partial charge < -0.3 is 4.57 Å². The van der Waals surface area contributed by atoms with E-state index in [0.717, 1.165) is 17.6 Å². The minimum atomic E-state index is 0.442. The van der Waals surface area contributed by atoms with Crippen molar-refractivity contribution in [1.29, 1.82) is 0 Å². The van der Waals surface area contributed by atoms with Crippen molar-refractivity contribution in [3.05, 3.63) is 18.6 Å². The van der Waals surface area contributed by atoms with Crippen molar-refractivity contribution in [2.24, 2.45) is 0 Å². The van der Waals surface area contributed by atoms with Crippen LogP contribution in [0.4, 0.5) is 5.82 Å². The number of anilines is 1. The van der Waals surface area contributed by atoms with E-state index in [1.165, 1.54) is 6.33 Å². The van der Waals surface area contributed by atoms with Crippen LogP contribution < -0.4 is 5.48 Å². The van der Waals surface area contributed by atoms with E-state index in [0.29, 0.717) is 5.82 Å². The summed E-state index contributed by atoms with van der Waals surface area (Å²) in [5.74, 6) is 0.442. The van der Waals surface area contributed by atoms with Gasteiger partial charge in [0.05, 0.1) is 5.39 Å². The third-order valence-corrected chi connectivity index (χ3v) is 2.00. The molecule has 0 aliphatic carbocycles. The Morgan fingerprint density at radius 1 is 1.40 bits per heavy atom. The molecule has 5 nitrogen and oxygen atoms in total. The number of aromatic nitrogens is 3. The summed E-state index contributed by atoms with van der Waals surface area (Å²) in [7, 11) is 0. The van der Waals surface area contributed by atoms with Crippen LogP contribution in [0.5, 0.6) is 0 Å². The highest BCUT2D eigenvalue weighted by atomic mass is 16.5. The highest BCUT2D eigenvalue weighted by molar-refractivity contribution is 5.86. The van der Waals surface area contributed by atoms with Gasteiger partial charge in [-0.05, 0) is 13.0 Å². The first-order valence-corrected chi connectivity index (χ1v) is 5.06. The fourth-order valence-corrected chi connectivity index (χ4v) is 1.35. The average molecular weight is 208 g/mol. The van der Waals surface area contributed by atoms with Gasteiger partial charge in [0.25, 0.3) is 0 Å². The van der Waals surface area contributed by atoms with E-state index in [1.807, 2.05) is 43.1 Å². The highest BCUT2D eigenvalue weighted by Gasteiger charge is 2.05. The molecule has 0 bridgehead atoms. The molecule has 0 unspecified atom stereocenters. The maximum atomic E-state index is 8.77. The van der Waals surface area contributed by atoms with Gasteiger partial charge in [-0.25, -0.2) is 9.97 Å². The normalized spacial score (nSPS) is 9.60. The van der Waals surface area contributed by atoms with Crippen LogP contribution >= 0.6 is 0 Å². The standard InChI is InChI=1S/C8H10N4O.C2H6/c1-2-12-4-3-6-7(11-13)9-5-10-8(6)12;1-2/h3-5,13H,2H2,1H3,(H,9,10,11);1-2H3. The number of hydrogen-bond donors (Lipinski definition) is 2. The van der Waals surface area contributed by atoms with Crippen LogP contribution in [0.1, 0.15) is 20.8 Å². The fraction of sp³-hybridized carbons (Fsp3) is 0.400. The second-order valence-electron chi connectivity index (χ2n) is 2.67. The van der Waals surface area contributed by atoms with E-state index in [1.54, 1.807) is 0 Å². The molecule has 0 saturated heterocycles. The fourth-order valence-electron chi connectivity index (χ4n) is 1.35. The van der Waals surface area contributed by atoms with Crippen LogP contribution in [-0.2, 0) is 6.54 Å². The van der Waals surface area contributed by atoms with Gasteiger partial charge in [-0.2, -0.15) is 0 Å². The monoisotopic (exact) mass is 208 g/mol. The highest BCUT2D eigenvalue weighted by Crippen LogP contribution is 2.19. The molecule has 5 heteroatoms. The largest absolute Gasteiger partial charge is 0.333 e. The maximum absolute atomic E-state index is 8.77. The van der Waals surface area contributed by atoms with Crippen molar-refractivity contribution >= 4 is 16.9 Å². The third-order valence-electron chi connectivity index (χ3n) is 2.00.